The second-order valence-electron chi connectivity index (χ2n) is 8.09. The highest BCUT2D eigenvalue weighted by Crippen LogP contribution is 2.31. The molecule has 8 nitrogen and oxygen atoms in total. The van der Waals surface area contributed by atoms with Gasteiger partial charge in [-0.25, -0.2) is 9.59 Å². The Morgan fingerprint density at radius 2 is 2.03 bits per heavy atom. The number of carbonyl (C=O) groups is 2. The number of hydrogen-bond donors (Lipinski definition) is 1. The molecule has 1 aromatic rings. The van der Waals surface area contributed by atoms with Crippen molar-refractivity contribution in [2.45, 2.75) is 31.0 Å². The smallest absolute Gasteiger partial charge is 0.433 e. The molecule has 0 atom stereocenters. The fraction of sp³-hybridized carbons (Fsp3) is 0.579. The summed E-state index contributed by atoms with van der Waals surface area (Å²) in [6.07, 6.45) is -2.08. The Morgan fingerprint density at radius 1 is 1.33 bits per heavy atom. The molecule has 3 aliphatic heterocycles. The van der Waals surface area contributed by atoms with E-state index in [4.69, 9.17) is 4.74 Å². The number of likely N-dealkylation sites (tertiary alicyclic amines) is 2. The summed E-state index contributed by atoms with van der Waals surface area (Å²) in [5.41, 5.74) is -1.05. The number of piperidine rings is 1. The zero-order valence-electron chi connectivity index (χ0n) is 16.0. The number of cyclic esters (lactones) is 1. The van der Waals surface area contributed by atoms with Gasteiger partial charge in [0.05, 0.1) is 24.7 Å². The molecule has 0 radical (unpaired) electrons. The average Bonchev–Trinajstić information content (AvgIpc) is 3.08. The van der Waals surface area contributed by atoms with Gasteiger partial charge in [0, 0.05) is 19.3 Å². The number of halogens is 3. The summed E-state index contributed by atoms with van der Waals surface area (Å²) >= 11 is 0. The van der Waals surface area contributed by atoms with Gasteiger partial charge in [-0.1, -0.05) is 0 Å². The molecular formula is C19H20F3N5O3. The number of urea groups is 1. The Hall–Kier alpha value is -3.03. The minimum atomic E-state index is -4.58. The minimum Gasteiger partial charge on any atom is -0.447 e. The Bertz CT molecular complexity index is 900. The molecule has 11 heteroatoms. The SMILES string of the molecule is N#Cc1cc(C(F)(F)F)ncc1CC1CCN(C(=O)N2CC3(COC(=O)N3)C2)CC1. The summed E-state index contributed by atoms with van der Waals surface area (Å²) in [7, 11) is 0. The van der Waals surface area contributed by atoms with Gasteiger partial charge in [0.15, 0.2) is 0 Å². The summed E-state index contributed by atoms with van der Waals surface area (Å²) in [5.74, 6) is 0.157. The molecule has 4 rings (SSSR count). The first-order valence-electron chi connectivity index (χ1n) is 9.64. The van der Waals surface area contributed by atoms with E-state index in [2.05, 4.69) is 10.3 Å². The Balaban J connectivity index is 1.30. The zero-order chi connectivity index (χ0) is 21.5. The van der Waals surface area contributed by atoms with Crippen LogP contribution in [-0.2, 0) is 17.3 Å². The number of ether oxygens (including phenoxy) is 1. The first kappa shape index (κ1) is 20.3. The van der Waals surface area contributed by atoms with Crippen LogP contribution in [0.1, 0.15) is 29.7 Å². The third-order valence-electron chi connectivity index (χ3n) is 5.90. The molecule has 3 aliphatic rings. The molecule has 0 unspecified atom stereocenters. The van der Waals surface area contributed by atoms with Crippen LogP contribution in [0, 0.1) is 17.2 Å². The molecule has 1 N–H and O–H groups in total. The van der Waals surface area contributed by atoms with Crippen LogP contribution in [0.15, 0.2) is 12.3 Å². The van der Waals surface area contributed by atoms with Gasteiger partial charge in [-0.15, -0.1) is 0 Å². The van der Waals surface area contributed by atoms with Crippen LogP contribution in [0.25, 0.3) is 0 Å². The maximum absolute atomic E-state index is 12.8. The fourth-order valence-electron chi connectivity index (χ4n) is 4.23. The lowest BCUT2D eigenvalue weighted by atomic mass is 9.88. The van der Waals surface area contributed by atoms with Gasteiger partial charge in [0.25, 0.3) is 0 Å². The number of aromatic nitrogens is 1. The average molecular weight is 423 g/mol. The number of pyridine rings is 1. The first-order valence-corrected chi connectivity index (χ1v) is 9.64. The third-order valence-corrected chi connectivity index (χ3v) is 5.90. The molecule has 4 heterocycles. The Labute approximate surface area is 170 Å². The molecule has 0 bridgehead atoms. The van der Waals surface area contributed by atoms with Crippen LogP contribution in [-0.4, -0.2) is 65.2 Å². The van der Waals surface area contributed by atoms with Crippen molar-refractivity contribution in [3.63, 3.8) is 0 Å². The van der Waals surface area contributed by atoms with Gasteiger partial charge in [-0.3, -0.25) is 4.98 Å². The number of rotatable bonds is 2. The van der Waals surface area contributed by atoms with Crippen molar-refractivity contribution in [3.05, 3.63) is 29.1 Å². The van der Waals surface area contributed by atoms with E-state index in [1.54, 1.807) is 9.80 Å². The van der Waals surface area contributed by atoms with Gasteiger partial charge in [-0.05, 0) is 36.8 Å². The minimum absolute atomic E-state index is 0.0115. The fourth-order valence-corrected chi connectivity index (χ4v) is 4.23. The largest absolute Gasteiger partial charge is 0.447 e. The molecule has 0 saturated carbocycles. The number of nitrogens with zero attached hydrogens (tertiary/aromatic N) is 4. The molecule has 1 aromatic heterocycles. The molecule has 1 spiro atoms. The van der Waals surface area contributed by atoms with Gasteiger partial charge >= 0.3 is 18.3 Å². The summed E-state index contributed by atoms with van der Waals surface area (Å²) < 4.78 is 43.3. The monoisotopic (exact) mass is 423 g/mol. The molecular weight excluding hydrogens is 403 g/mol. The van der Waals surface area contributed by atoms with E-state index in [1.165, 1.54) is 0 Å². The lowest BCUT2D eigenvalue weighted by molar-refractivity contribution is -0.141. The van der Waals surface area contributed by atoms with E-state index in [9.17, 15) is 28.0 Å². The van der Waals surface area contributed by atoms with Gasteiger partial charge in [-0.2, -0.15) is 18.4 Å². The van der Waals surface area contributed by atoms with Crippen molar-refractivity contribution in [1.82, 2.24) is 20.1 Å². The highest BCUT2D eigenvalue weighted by molar-refractivity contribution is 5.78. The lowest BCUT2D eigenvalue weighted by Gasteiger charge is -2.48. The number of amides is 3. The summed E-state index contributed by atoms with van der Waals surface area (Å²) in [6, 6.07) is 2.53. The van der Waals surface area contributed by atoms with Crippen LogP contribution in [0.4, 0.5) is 22.8 Å². The standard InChI is InChI=1S/C19H20F3N5O3/c20-19(21,22)15-6-13(7-23)14(8-24-15)5-12-1-3-26(4-2-12)17(29)27-9-18(10-27)11-30-16(28)25-18/h6,8,12H,1-5,9-11H2,(H,25,28). The molecule has 3 saturated heterocycles. The van der Waals surface area contributed by atoms with Crippen LogP contribution < -0.4 is 5.32 Å². The van der Waals surface area contributed by atoms with E-state index in [0.29, 0.717) is 51.0 Å². The number of nitrogens with one attached hydrogen (secondary N) is 1. The van der Waals surface area contributed by atoms with E-state index in [1.807, 2.05) is 6.07 Å². The second-order valence-corrected chi connectivity index (χ2v) is 8.09. The van der Waals surface area contributed by atoms with Crippen molar-refractivity contribution in [2.75, 3.05) is 32.8 Å². The maximum atomic E-state index is 12.8. The molecule has 3 fully saturated rings. The van der Waals surface area contributed by atoms with Gasteiger partial charge < -0.3 is 19.9 Å². The van der Waals surface area contributed by atoms with Crippen molar-refractivity contribution >= 4 is 12.1 Å². The normalized spacial score (nSPS) is 21.1. The number of hydrogen-bond acceptors (Lipinski definition) is 5. The zero-order valence-corrected chi connectivity index (χ0v) is 16.0. The highest BCUT2D eigenvalue weighted by Gasteiger charge is 2.52. The number of alkyl halides is 3. The Kier molecular flexibility index (Phi) is 4.95. The van der Waals surface area contributed by atoms with Crippen molar-refractivity contribution in [2.24, 2.45) is 5.92 Å². The molecule has 3 amide bonds. The third kappa shape index (κ3) is 3.86. The van der Waals surface area contributed by atoms with Crippen LogP contribution in [0.5, 0.6) is 0 Å². The predicted molar refractivity (Wildman–Crippen MR) is 96.1 cm³/mol. The van der Waals surface area contributed by atoms with E-state index in [0.717, 1.165) is 12.3 Å². The summed E-state index contributed by atoms with van der Waals surface area (Å²) in [5, 5.41) is 11.9. The van der Waals surface area contributed by atoms with Crippen LogP contribution in [0.2, 0.25) is 0 Å². The number of nitriles is 1. The number of carbonyl (C=O) groups excluding carboxylic acids is 2. The number of alkyl carbamates (subject to hydrolysis) is 1. The molecule has 160 valence electrons. The maximum Gasteiger partial charge on any atom is 0.433 e. The van der Waals surface area contributed by atoms with Crippen LogP contribution in [0.3, 0.4) is 0 Å². The first-order chi connectivity index (χ1) is 14.2. The summed E-state index contributed by atoms with van der Waals surface area (Å²) in [6.45, 7) is 2.16. The van der Waals surface area contributed by atoms with Crippen molar-refractivity contribution < 1.29 is 27.5 Å². The predicted octanol–water partition coefficient (Wildman–Crippen LogP) is 2.14. The highest BCUT2D eigenvalue weighted by atomic mass is 19.4. The van der Waals surface area contributed by atoms with E-state index < -0.39 is 23.5 Å². The second kappa shape index (κ2) is 7.34. The van der Waals surface area contributed by atoms with E-state index >= 15 is 0 Å². The van der Waals surface area contributed by atoms with Crippen molar-refractivity contribution in [1.29, 1.82) is 5.26 Å². The topological polar surface area (TPSA) is 98.6 Å². The summed E-state index contributed by atoms with van der Waals surface area (Å²) in [4.78, 5) is 30.7. The van der Waals surface area contributed by atoms with Gasteiger partial charge in [0.2, 0.25) is 0 Å². The van der Waals surface area contributed by atoms with Crippen LogP contribution >= 0.6 is 0 Å². The van der Waals surface area contributed by atoms with Crippen molar-refractivity contribution in [3.8, 4) is 6.07 Å². The lowest BCUT2D eigenvalue weighted by Crippen LogP contribution is -2.71. The quantitative estimate of drug-likeness (QED) is 0.786. The molecule has 0 aromatic carbocycles. The molecule has 0 aliphatic carbocycles. The Morgan fingerprint density at radius 3 is 2.60 bits per heavy atom. The van der Waals surface area contributed by atoms with E-state index in [-0.39, 0.29) is 24.1 Å². The molecule has 30 heavy (non-hydrogen) atoms. The van der Waals surface area contributed by atoms with Gasteiger partial charge in [0.1, 0.15) is 17.8 Å².